The number of primary amides is 1. The molecule has 2 rings (SSSR count). The molecule has 1 fully saturated rings. The molecule has 0 aromatic heterocycles. The lowest BCUT2D eigenvalue weighted by atomic mass is 9.95. The molecule has 1 heterocycles. The number of hydrogen-bond acceptors (Lipinski definition) is 4. The summed E-state index contributed by atoms with van der Waals surface area (Å²) in [6.07, 6.45) is 2.55. The molecule has 0 aliphatic carbocycles. The molecule has 1 aliphatic rings. The quantitative estimate of drug-likeness (QED) is 0.411. The number of carbonyl (C=O) groups is 2. The van der Waals surface area contributed by atoms with E-state index in [1.54, 1.807) is 0 Å². The molecule has 5 N–H and O–H groups in total. The fourth-order valence-corrected chi connectivity index (χ4v) is 2.78. The zero-order valence-corrected chi connectivity index (χ0v) is 11.3. The summed E-state index contributed by atoms with van der Waals surface area (Å²) in [5.74, 6) is 4.57. The number of likely N-dealkylation sites (tertiary alicyclic amines) is 1. The molecule has 1 aliphatic heterocycles. The van der Waals surface area contributed by atoms with E-state index in [0.717, 1.165) is 18.4 Å². The second-order valence-corrected chi connectivity index (χ2v) is 4.97. The lowest BCUT2D eigenvalue weighted by Gasteiger charge is -2.38. The minimum absolute atomic E-state index is 0.329. The average Bonchev–Trinajstić information content (AvgIpc) is 2.48. The minimum Gasteiger partial charge on any atom is -0.368 e. The van der Waals surface area contributed by atoms with Crippen molar-refractivity contribution in [3.8, 4) is 0 Å². The van der Waals surface area contributed by atoms with Gasteiger partial charge in [-0.1, -0.05) is 36.8 Å². The Morgan fingerprint density at radius 3 is 2.55 bits per heavy atom. The van der Waals surface area contributed by atoms with Crippen LogP contribution in [0.2, 0.25) is 0 Å². The summed E-state index contributed by atoms with van der Waals surface area (Å²) in [7, 11) is 0. The van der Waals surface area contributed by atoms with E-state index in [1.807, 2.05) is 35.2 Å². The van der Waals surface area contributed by atoms with Crippen LogP contribution >= 0.6 is 0 Å². The number of hydrazine groups is 1. The third kappa shape index (κ3) is 2.97. The fraction of sp³-hybridized carbons (Fsp3) is 0.429. The topological polar surface area (TPSA) is 101 Å². The molecular weight excluding hydrogens is 256 g/mol. The van der Waals surface area contributed by atoms with Crippen molar-refractivity contribution in [1.82, 2.24) is 10.3 Å². The molecule has 1 saturated heterocycles. The maximum atomic E-state index is 12.1. The van der Waals surface area contributed by atoms with Gasteiger partial charge in [0.1, 0.15) is 6.04 Å². The molecule has 108 valence electrons. The number of hydrogen-bond donors (Lipinski definition) is 3. The summed E-state index contributed by atoms with van der Waals surface area (Å²) in [5.41, 5.74) is 8.47. The van der Waals surface area contributed by atoms with Crippen LogP contribution in [0, 0.1) is 0 Å². The highest BCUT2D eigenvalue weighted by Gasteiger charge is 2.36. The number of rotatable bonds is 4. The van der Waals surface area contributed by atoms with Crippen LogP contribution in [-0.4, -0.2) is 29.3 Å². The second-order valence-electron chi connectivity index (χ2n) is 4.97. The lowest BCUT2D eigenvalue weighted by molar-refractivity contribution is -0.133. The van der Waals surface area contributed by atoms with Gasteiger partial charge in [0.15, 0.2) is 0 Å². The van der Waals surface area contributed by atoms with E-state index in [9.17, 15) is 9.59 Å². The highest BCUT2D eigenvalue weighted by Crippen LogP contribution is 2.28. The van der Waals surface area contributed by atoms with Crippen LogP contribution in [0.5, 0.6) is 0 Å². The summed E-state index contributed by atoms with van der Waals surface area (Å²) in [6, 6.07) is 8.29. The van der Waals surface area contributed by atoms with Gasteiger partial charge < -0.3 is 5.73 Å². The second kappa shape index (κ2) is 6.49. The highest BCUT2D eigenvalue weighted by atomic mass is 16.2. The molecule has 2 atom stereocenters. The first-order valence-corrected chi connectivity index (χ1v) is 6.75. The van der Waals surface area contributed by atoms with Crippen LogP contribution in [-0.2, 0) is 9.59 Å². The van der Waals surface area contributed by atoms with Crippen molar-refractivity contribution in [3.63, 3.8) is 0 Å². The number of nitrogens with two attached hydrogens (primary N) is 2. The number of piperidine rings is 1. The zero-order chi connectivity index (χ0) is 14.5. The molecule has 20 heavy (non-hydrogen) atoms. The number of benzene rings is 1. The fourth-order valence-electron chi connectivity index (χ4n) is 2.78. The van der Waals surface area contributed by atoms with Gasteiger partial charge in [-0.2, -0.15) is 0 Å². The van der Waals surface area contributed by atoms with Crippen molar-refractivity contribution < 1.29 is 9.59 Å². The summed E-state index contributed by atoms with van der Waals surface area (Å²) in [6.45, 7) is 0.653. The van der Waals surface area contributed by atoms with Crippen LogP contribution in [0.25, 0.3) is 0 Å². The van der Waals surface area contributed by atoms with Crippen LogP contribution < -0.4 is 17.0 Å². The lowest BCUT2D eigenvalue weighted by Crippen LogP contribution is -2.53. The molecule has 0 bridgehead atoms. The molecule has 0 radical (unpaired) electrons. The van der Waals surface area contributed by atoms with Crippen LogP contribution in [0.4, 0.5) is 0 Å². The Balaban J connectivity index is 2.35. The van der Waals surface area contributed by atoms with E-state index in [4.69, 9.17) is 11.6 Å². The number of nitrogens with zero attached hydrogens (tertiary/aromatic N) is 1. The van der Waals surface area contributed by atoms with E-state index < -0.39 is 18.0 Å². The van der Waals surface area contributed by atoms with Gasteiger partial charge in [-0.3, -0.25) is 19.9 Å². The van der Waals surface area contributed by atoms with Crippen molar-refractivity contribution in [2.75, 3.05) is 6.54 Å². The van der Waals surface area contributed by atoms with E-state index in [0.29, 0.717) is 13.0 Å². The van der Waals surface area contributed by atoms with E-state index in [1.165, 1.54) is 0 Å². The van der Waals surface area contributed by atoms with Crippen molar-refractivity contribution in [3.05, 3.63) is 35.9 Å². The van der Waals surface area contributed by atoms with Crippen molar-refractivity contribution in [2.24, 2.45) is 11.6 Å². The van der Waals surface area contributed by atoms with Gasteiger partial charge in [0.25, 0.3) is 5.91 Å². The summed E-state index contributed by atoms with van der Waals surface area (Å²) in [4.78, 5) is 25.6. The Bertz CT molecular complexity index is 477. The Morgan fingerprint density at radius 2 is 1.95 bits per heavy atom. The van der Waals surface area contributed by atoms with Crippen molar-refractivity contribution in [2.45, 2.75) is 31.3 Å². The van der Waals surface area contributed by atoms with Gasteiger partial charge in [-0.25, -0.2) is 5.84 Å². The number of carbonyl (C=O) groups excluding carboxylic acids is 2. The van der Waals surface area contributed by atoms with Crippen molar-refractivity contribution >= 4 is 11.8 Å². The van der Waals surface area contributed by atoms with Gasteiger partial charge in [0, 0.05) is 6.54 Å². The minimum atomic E-state index is -0.584. The third-order valence-electron chi connectivity index (χ3n) is 3.71. The van der Waals surface area contributed by atoms with Crippen LogP contribution in [0.1, 0.15) is 30.9 Å². The molecule has 2 unspecified atom stereocenters. The highest BCUT2D eigenvalue weighted by molar-refractivity contribution is 5.85. The Hall–Kier alpha value is -1.92. The Labute approximate surface area is 118 Å². The first-order chi connectivity index (χ1) is 9.65. The van der Waals surface area contributed by atoms with E-state index in [-0.39, 0.29) is 5.91 Å². The standard InChI is InChI=1S/C14H20N4O2/c15-13(19)11-8-4-5-9-18(11)12(14(20)17-16)10-6-2-1-3-7-10/h1-3,6-7,11-12H,4-5,8-9,16H2,(H2,15,19)(H,17,20). The van der Waals surface area contributed by atoms with E-state index >= 15 is 0 Å². The molecule has 6 nitrogen and oxygen atoms in total. The summed E-state index contributed by atoms with van der Waals surface area (Å²) < 4.78 is 0. The molecule has 6 heteroatoms. The van der Waals surface area contributed by atoms with Gasteiger partial charge >= 0.3 is 0 Å². The van der Waals surface area contributed by atoms with Crippen molar-refractivity contribution in [1.29, 1.82) is 0 Å². The predicted octanol–water partition coefficient (Wildman–Crippen LogP) is 0.0574. The smallest absolute Gasteiger partial charge is 0.255 e. The SMILES string of the molecule is NNC(=O)C(c1ccccc1)N1CCCCC1C(N)=O. The zero-order valence-electron chi connectivity index (χ0n) is 11.3. The molecule has 2 amide bonds. The normalized spacial score (nSPS) is 21.1. The van der Waals surface area contributed by atoms with Crippen LogP contribution in [0.3, 0.4) is 0 Å². The van der Waals surface area contributed by atoms with Gasteiger partial charge in [0.2, 0.25) is 5.91 Å². The van der Waals surface area contributed by atoms with E-state index in [2.05, 4.69) is 5.43 Å². The predicted molar refractivity (Wildman–Crippen MR) is 75.1 cm³/mol. The average molecular weight is 276 g/mol. The Morgan fingerprint density at radius 1 is 1.25 bits per heavy atom. The summed E-state index contributed by atoms with van der Waals surface area (Å²) >= 11 is 0. The molecule has 0 saturated carbocycles. The number of amides is 2. The maximum Gasteiger partial charge on any atom is 0.255 e. The maximum absolute atomic E-state index is 12.1. The molecular formula is C14H20N4O2. The Kier molecular flexibility index (Phi) is 4.70. The molecule has 1 aromatic rings. The summed E-state index contributed by atoms with van der Waals surface area (Å²) in [5, 5.41) is 0. The monoisotopic (exact) mass is 276 g/mol. The molecule has 1 aromatic carbocycles. The van der Waals surface area contributed by atoms with Gasteiger partial charge in [0.05, 0.1) is 6.04 Å². The molecule has 0 spiro atoms. The van der Waals surface area contributed by atoms with Crippen LogP contribution in [0.15, 0.2) is 30.3 Å². The third-order valence-corrected chi connectivity index (χ3v) is 3.71. The largest absolute Gasteiger partial charge is 0.368 e. The first-order valence-electron chi connectivity index (χ1n) is 6.75. The number of nitrogens with one attached hydrogen (secondary N) is 1. The van der Waals surface area contributed by atoms with Gasteiger partial charge in [-0.15, -0.1) is 0 Å². The van der Waals surface area contributed by atoms with Gasteiger partial charge in [-0.05, 0) is 18.4 Å². The first kappa shape index (κ1) is 14.5.